The van der Waals surface area contributed by atoms with Crippen LogP contribution >= 0.6 is 11.6 Å². The van der Waals surface area contributed by atoms with Gasteiger partial charge < -0.3 is 10.2 Å². The molecule has 2 aromatic rings. The third kappa shape index (κ3) is 5.40. The van der Waals surface area contributed by atoms with Gasteiger partial charge in [-0.05, 0) is 50.3 Å². The Bertz CT molecular complexity index is 989. The molecule has 6 nitrogen and oxygen atoms in total. The minimum Gasteiger partial charge on any atom is -0.350 e. The van der Waals surface area contributed by atoms with E-state index in [1.165, 1.54) is 10.4 Å². The van der Waals surface area contributed by atoms with E-state index >= 15 is 0 Å². The van der Waals surface area contributed by atoms with Crippen LogP contribution in [0.25, 0.3) is 0 Å². The molecule has 0 radical (unpaired) electrons. The average Bonchev–Trinajstić information content (AvgIpc) is 2.70. The second-order valence-electron chi connectivity index (χ2n) is 7.28. The number of aryl methyl sites for hydroxylation is 1. The predicted octanol–water partition coefficient (Wildman–Crippen LogP) is 3.71. The number of hydrogen-bond donors (Lipinski definition) is 1. The summed E-state index contributed by atoms with van der Waals surface area (Å²) in [7, 11) is 0.199. The van der Waals surface area contributed by atoms with E-state index < -0.39 is 10.0 Å². The van der Waals surface area contributed by atoms with Gasteiger partial charge in [-0.15, -0.1) is 0 Å². The molecule has 2 rings (SSSR count). The predicted molar refractivity (Wildman–Crippen MR) is 121 cm³/mol. The molecule has 2 aromatic carbocycles. The molecule has 0 aliphatic heterocycles. The first-order valence-electron chi connectivity index (χ1n) is 9.93. The van der Waals surface area contributed by atoms with Crippen molar-refractivity contribution in [3.05, 3.63) is 64.2 Å². The van der Waals surface area contributed by atoms with Crippen LogP contribution in [0.15, 0.2) is 47.4 Å². The molecule has 0 bridgehead atoms. The number of amides is 1. The fourth-order valence-electron chi connectivity index (χ4n) is 3.32. The number of carbonyl (C=O) groups excluding carboxylic acids is 1. The molecule has 1 atom stereocenters. The summed E-state index contributed by atoms with van der Waals surface area (Å²) in [5, 5.41) is 3.57. The number of sulfonamides is 1. The number of nitrogens with one attached hydrogen (secondary N) is 1. The smallest absolute Gasteiger partial charge is 0.251 e. The molecule has 30 heavy (non-hydrogen) atoms. The summed E-state index contributed by atoms with van der Waals surface area (Å²) < 4.78 is 27.0. The summed E-state index contributed by atoms with van der Waals surface area (Å²) in [5.74, 6) is -0.317. The maximum absolute atomic E-state index is 12.9. The number of likely N-dealkylation sites (N-methyl/N-ethyl adjacent to an activating group) is 1. The van der Waals surface area contributed by atoms with Crippen LogP contribution in [0.3, 0.4) is 0 Å². The van der Waals surface area contributed by atoms with E-state index in [0.717, 1.165) is 5.56 Å². The largest absolute Gasteiger partial charge is 0.350 e. The highest BCUT2D eigenvalue weighted by Crippen LogP contribution is 2.26. The molecule has 1 unspecified atom stereocenters. The number of halogens is 1. The number of nitrogens with zero attached hydrogens (tertiary/aromatic N) is 2. The maximum Gasteiger partial charge on any atom is 0.251 e. The molecule has 164 valence electrons. The van der Waals surface area contributed by atoms with E-state index in [2.05, 4.69) is 5.32 Å². The molecule has 1 N–H and O–H groups in total. The van der Waals surface area contributed by atoms with Crippen LogP contribution in [0, 0.1) is 6.92 Å². The Morgan fingerprint density at radius 2 is 1.73 bits per heavy atom. The summed E-state index contributed by atoms with van der Waals surface area (Å²) in [4.78, 5) is 15.0. The van der Waals surface area contributed by atoms with Gasteiger partial charge >= 0.3 is 0 Å². The highest BCUT2D eigenvalue weighted by Gasteiger charge is 2.24. The fourth-order valence-corrected chi connectivity index (χ4v) is 5.07. The number of carbonyl (C=O) groups is 1. The van der Waals surface area contributed by atoms with Crippen molar-refractivity contribution in [2.75, 3.05) is 33.7 Å². The Hall–Kier alpha value is -1.93. The van der Waals surface area contributed by atoms with Crippen molar-refractivity contribution in [2.24, 2.45) is 0 Å². The molecule has 8 heteroatoms. The Balaban J connectivity index is 2.27. The second-order valence-corrected chi connectivity index (χ2v) is 9.62. The molecular weight excluding hydrogens is 422 g/mol. The lowest BCUT2D eigenvalue weighted by Crippen LogP contribution is -2.35. The first-order valence-corrected chi connectivity index (χ1v) is 11.7. The zero-order valence-electron chi connectivity index (χ0n) is 18.1. The topological polar surface area (TPSA) is 69.7 Å². The highest BCUT2D eigenvalue weighted by molar-refractivity contribution is 7.89. The third-order valence-electron chi connectivity index (χ3n) is 5.14. The van der Waals surface area contributed by atoms with E-state index in [4.69, 9.17) is 11.6 Å². The first kappa shape index (κ1) is 24.3. The van der Waals surface area contributed by atoms with Gasteiger partial charge in [0.15, 0.2) is 0 Å². The van der Waals surface area contributed by atoms with Crippen LogP contribution in [0.5, 0.6) is 0 Å². The molecule has 0 spiro atoms. The van der Waals surface area contributed by atoms with E-state index in [1.54, 1.807) is 32.9 Å². The standard InChI is InChI=1S/C22H30ClN3O3S/c1-6-26(7-2)30(28,29)17-13-12-16(3)19(14-17)22(27)24-15-21(25(4)5)18-10-8-9-11-20(18)23/h8-14,21H,6-7,15H2,1-5H3,(H,24,27). The van der Waals surface area contributed by atoms with Gasteiger partial charge in [0.05, 0.1) is 10.9 Å². The van der Waals surface area contributed by atoms with Crippen molar-refractivity contribution in [3.63, 3.8) is 0 Å². The average molecular weight is 452 g/mol. The minimum atomic E-state index is -3.64. The van der Waals surface area contributed by atoms with Gasteiger partial charge in [-0.1, -0.05) is 49.7 Å². The van der Waals surface area contributed by atoms with Gasteiger partial charge in [-0.2, -0.15) is 4.31 Å². The van der Waals surface area contributed by atoms with Gasteiger partial charge in [0.2, 0.25) is 10.0 Å². The molecule has 0 aliphatic carbocycles. The fraction of sp³-hybridized carbons (Fsp3) is 0.409. The molecule has 0 heterocycles. The van der Waals surface area contributed by atoms with Gasteiger partial charge in [0, 0.05) is 30.2 Å². The maximum atomic E-state index is 12.9. The van der Waals surface area contributed by atoms with Gasteiger partial charge in [-0.25, -0.2) is 8.42 Å². The summed E-state index contributed by atoms with van der Waals surface area (Å²) in [6, 6.07) is 12.1. The molecular formula is C22H30ClN3O3S. The van der Waals surface area contributed by atoms with Gasteiger partial charge in [-0.3, -0.25) is 4.79 Å². The van der Waals surface area contributed by atoms with Gasteiger partial charge in [0.25, 0.3) is 5.91 Å². The van der Waals surface area contributed by atoms with Crippen molar-refractivity contribution >= 4 is 27.5 Å². The van der Waals surface area contributed by atoms with Crippen molar-refractivity contribution in [1.29, 1.82) is 0 Å². The van der Waals surface area contributed by atoms with Crippen LogP contribution in [-0.2, 0) is 10.0 Å². The number of rotatable bonds is 9. The minimum absolute atomic E-state index is 0.120. The summed E-state index contributed by atoms with van der Waals surface area (Å²) >= 11 is 6.34. The van der Waals surface area contributed by atoms with Crippen LogP contribution in [0.1, 0.15) is 41.4 Å². The van der Waals surface area contributed by atoms with Crippen LogP contribution in [-0.4, -0.2) is 57.3 Å². The van der Waals surface area contributed by atoms with Crippen molar-refractivity contribution in [1.82, 2.24) is 14.5 Å². The lowest BCUT2D eigenvalue weighted by molar-refractivity contribution is 0.0941. The summed E-state index contributed by atoms with van der Waals surface area (Å²) in [6.45, 7) is 6.45. The van der Waals surface area contributed by atoms with Crippen LogP contribution in [0.2, 0.25) is 5.02 Å². The van der Waals surface area contributed by atoms with Crippen LogP contribution < -0.4 is 5.32 Å². The Morgan fingerprint density at radius 1 is 1.10 bits per heavy atom. The SMILES string of the molecule is CCN(CC)S(=O)(=O)c1ccc(C)c(C(=O)NCC(c2ccccc2Cl)N(C)C)c1. The van der Waals surface area contributed by atoms with Gasteiger partial charge in [0.1, 0.15) is 0 Å². The van der Waals surface area contributed by atoms with Crippen LogP contribution in [0.4, 0.5) is 0 Å². The monoisotopic (exact) mass is 451 g/mol. The summed E-state index contributed by atoms with van der Waals surface area (Å²) in [6.07, 6.45) is 0. The molecule has 0 saturated carbocycles. The molecule has 0 aromatic heterocycles. The number of benzene rings is 2. The normalized spacial score (nSPS) is 12.9. The van der Waals surface area contributed by atoms with Crippen molar-refractivity contribution < 1.29 is 13.2 Å². The van der Waals surface area contributed by atoms with Crippen molar-refractivity contribution in [3.8, 4) is 0 Å². The van der Waals surface area contributed by atoms with E-state index in [9.17, 15) is 13.2 Å². The zero-order chi connectivity index (χ0) is 22.5. The Morgan fingerprint density at radius 3 is 2.30 bits per heavy atom. The third-order valence-corrected chi connectivity index (χ3v) is 7.53. The Kier molecular flexibility index (Phi) is 8.43. The van der Waals surface area contributed by atoms with E-state index in [-0.39, 0.29) is 16.8 Å². The molecule has 0 fully saturated rings. The highest BCUT2D eigenvalue weighted by atomic mass is 35.5. The second kappa shape index (κ2) is 10.4. The van der Waals surface area contributed by atoms with E-state index in [1.807, 2.05) is 43.3 Å². The summed E-state index contributed by atoms with van der Waals surface area (Å²) in [5.41, 5.74) is 1.98. The molecule has 0 saturated heterocycles. The number of hydrogen-bond acceptors (Lipinski definition) is 4. The first-order chi connectivity index (χ1) is 14.1. The Labute approximate surface area is 184 Å². The van der Waals surface area contributed by atoms with Crippen molar-refractivity contribution in [2.45, 2.75) is 31.7 Å². The molecule has 1 amide bonds. The van der Waals surface area contributed by atoms with E-state index in [0.29, 0.717) is 35.8 Å². The lowest BCUT2D eigenvalue weighted by Gasteiger charge is -2.26. The quantitative estimate of drug-likeness (QED) is 0.630. The zero-order valence-corrected chi connectivity index (χ0v) is 19.7. The lowest BCUT2D eigenvalue weighted by atomic mass is 10.0. The molecule has 0 aliphatic rings.